The first-order valence-electron chi connectivity index (χ1n) is 7.67. The van der Waals surface area contributed by atoms with Crippen molar-refractivity contribution in [1.82, 2.24) is 0 Å². The summed E-state index contributed by atoms with van der Waals surface area (Å²) in [6.07, 6.45) is 3.62. The Morgan fingerprint density at radius 1 is 1.24 bits per heavy atom. The molecule has 0 saturated heterocycles. The van der Waals surface area contributed by atoms with Crippen molar-refractivity contribution in [2.45, 2.75) is 44.6 Å². The standard InChI is InChI=1S/C19H21FO/c1-13-11-16(20)9-10-17(13)19(21)12-15-7-4-6-14-5-2-3-8-18(14)15/h2-3,5,8-11,15,19,21H,4,6-7,12H2,1H3. The average Bonchev–Trinajstić information content (AvgIpc) is 2.47. The van der Waals surface area contributed by atoms with Crippen LogP contribution in [0.15, 0.2) is 42.5 Å². The highest BCUT2D eigenvalue weighted by Gasteiger charge is 2.23. The minimum absolute atomic E-state index is 0.244. The van der Waals surface area contributed by atoms with Crippen LogP contribution < -0.4 is 0 Å². The third-order valence-electron chi connectivity index (χ3n) is 4.59. The summed E-state index contributed by atoms with van der Waals surface area (Å²) in [6, 6.07) is 13.2. The molecule has 0 bridgehead atoms. The number of aliphatic hydroxyl groups is 1. The Labute approximate surface area is 125 Å². The van der Waals surface area contributed by atoms with Crippen LogP contribution in [0.1, 0.15) is 53.5 Å². The van der Waals surface area contributed by atoms with Gasteiger partial charge in [-0.1, -0.05) is 30.3 Å². The van der Waals surface area contributed by atoms with Gasteiger partial charge in [-0.05, 0) is 72.9 Å². The first-order valence-corrected chi connectivity index (χ1v) is 7.67. The van der Waals surface area contributed by atoms with Crippen LogP contribution in [0.25, 0.3) is 0 Å². The number of benzene rings is 2. The zero-order chi connectivity index (χ0) is 14.8. The molecule has 1 aliphatic rings. The Kier molecular flexibility index (Phi) is 4.07. The predicted octanol–water partition coefficient (Wildman–Crippen LogP) is 4.68. The van der Waals surface area contributed by atoms with Crippen molar-refractivity contribution in [2.75, 3.05) is 0 Å². The highest BCUT2D eigenvalue weighted by Crippen LogP contribution is 2.38. The van der Waals surface area contributed by atoms with Crippen LogP contribution in [0.5, 0.6) is 0 Å². The number of aryl methyl sites for hydroxylation is 2. The van der Waals surface area contributed by atoms with Gasteiger partial charge in [0.15, 0.2) is 0 Å². The zero-order valence-corrected chi connectivity index (χ0v) is 12.3. The van der Waals surface area contributed by atoms with Gasteiger partial charge in [-0.2, -0.15) is 0 Å². The number of fused-ring (bicyclic) bond motifs is 1. The second-order valence-corrected chi connectivity index (χ2v) is 6.04. The number of hydrogen-bond donors (Lipinski definition) is 1. The van der Waals surface area contributed by atoms with Crippen LogP contribution in [0.3, 0.4) is 0 Å². The lowest BCUT2D eigenvalue weighted by Gasteiger charge is -2.27. The molecule has 0 aromatic heterocycles. The fourth-order valence-electron chi connectivity index (χ4n) is 3.51. The van der Waals surface area contributed by atoms with Gasteiger partial charge >= 0.3 is 0 Å². The lowest BCUT2D eigenvalue weighted by atomic mass is 9.79. The molecule has 0 heterocycles. The molecular weight excluding hydrogens is 263 g/mol. The Morgan fingerprint density at radius 3 is 2.86 bits per heavy atom. The van der Waals surface area contributed by atoms with E-state index in [1.165, 1.54) is 29.7 Å². The molecule has 1 nitrogen and oxygen atoms in total. The molecular formula is C19H21FO. The summed E-state index contributed by atoms with van der Waals surface area (Å²) in [4.78, 5) is 0. The van der Waals surface area contributed by atoms with Crippen molar-refractivity contribution in [3.8, 4) is 0 Å². The highest BCUT2D eigenvalue weighted by atomic mass is 19.1. The number of halogens is 1. The van der Waals surface area contributed by atoms with Crippen molar-refractivity contribution in [2.24, 2.45) is 0 Å². The number of hydrogen-bond acceptors (Lipinski definition) is 1. The average molecular weight is 284 g/mol. The van der Waals surface area contributed by atoms with Crippen LogP contribution in [0, 0.1) is 12.7 Å². The maximum atomic E-state index is 13.2. The molecule has 1 aliphatic carbocycles. The molecule has 0 aliphatic heterocycles. The number of aliphatic hydroxyl groups excluding tert-OH is 1. The summed E-state index contributed by atoms with van der Waals surface area (Å²) in [5, 5.41) is 10.5. The molecule has 2 unspecified atom stereocenters. The molecule has 0 fully saturated rings. The third kappa shape index (κ3) is 3.01. The fourth-order valence-corrected chi connectivity index (χ4v) is 3.51. The minimum Gasteiger partial charge on any atom is -0.388 e. The van der Waals surface area contributed by atoms with Crippen LogP contribution in [-0.2, 0) is 6.42 Å². The zero-order valence-electron chi connectivity index (χ0n) is 12.3. The van der Waals surface area contributed by atoms with Crippen LogP contribution >= 0.6 is 0 Å². The fraction of sp³-hybridized carbons (Fsp3) is 0.368. The summed E-state index contributed by atoms with van der Waals surface area (Å²) in [6.45, 7) is 1.86. The molecule has 0 spiro atoms. The van der Waals surface area contributed by atoms with Gasteiger partial charge in [-0.3, -0.25) is 0 Å². The van der Waals surface area contributed by atoms with E-state index in [0.717, 1.165) is 24.0 Å². The van der Waals surface area contributed by atoms with Gasteiger partial charge in [-0.25, -0.2) is 4.39 Å². The van der Waals surface area contributed by atoms with E-state index in [-0.39, 0.29) is 5.82 Å². The molecule has 2 heteroatoms. The first kappa shape index (κ1) is 14.3. The van der Waals surface area contributed by atoms with Crippen molar-refractivity contribution in [1.29, 1.82) is 0 Å². The van der Waals surface area contributed by atoms with E-state index in [2.05, 4.69) is 24.3 Å². The van der Waals surface area contributed by atoms with E-state index >= 15 is 0 Å². The van der Waals surface area contributed by atoms with Crippen LogP contribution in [0.4, 0.5) is 4.39 Å². The maximum Gasteiger partial charge on any atom is 0.123 e. The molecule has 2 aromatic rings. The topological polar surface area (TPSA) is 20.2 Å². The molecule has 0 amide bonds. The quantitative estimate of drug-likeness (QED) is 0.867. The first-order chi connectivity index (χ1) is 10.1. The molecule has 110 valence electrons. The Bertz CT molecular complexity index is 635. The van der Waals surface area contributed by atoms with Crippen molar-refractivity contribution >= 4 is 0 Å². The monoisotopic (exact) mass is 284 g/mol. The van der Waals surface area contributed by atoms with Gasteiger partial charge in [0.25, 0.3) is 0 Å². The Morgan fingerprint density at radius 2 is 2.05 bits per heavy atom. The van der Waals surface area contributed by atoms with Gasteiger partial charge in [0.2, 0.25) is 0 Å². The van der Waals surface area contributed by atoms with Crippen molar-refractivity contribution in [3.63, 3.8) is 0 Å². The Hall–Kier alpha value is -1.67. The molecule has 21 heavy (non-hydrogen) atoms. The summed E-state index contributed by atoms with van der Waals surface area (Å²) in [7, 11) is 0. The van der Waals surface area contributed by atoms with Gasteiger partial charge in [-0.15, -0.1) is 0 Å². The van der Waals surface area contributed by atoms with E-state index < -0.39 is 6.10 Å². The second kappa shape index (κ2) is 5.98. The summed E-state index contributed by atoms with van der Waals surface area (Å²) in [5.74, 6) is 0.154. The van der Waals surface area contributed by atoms with Crippen LogP contribution in [-0.4, -0.2) is 5.11 Å². The van der Waals surface area contributed by atoms with Gasteiger partial charge in [0.1, 0.15) is 5.82 Å². The maximum absolute atomic E-state index is 13.2. The molecule has 3 rings (SSSR count). The van der Waals surface area contributed by atoms with E-state index in [9.17, 15) is 9.50 Å². The van der Waals surface area contributed by atoms with Crippen LogP contribution in [0.2, 0.25) is 0 Å². The molecule has 1 N–H and O–H groups in total. The van der Waals surface area contributed by atoms with E-state index in [1.807, 2.05) is 6.92 Å². The smallest absolute Gasteiger partial charge is 0.123 e. The lowest BCUT2D eigenvalue weighted by Crippen LogP contribution is -2.13. The Balaban J connectivity index is 1.81. The summed E-state index contributed by atoms with van der Waals surface area (Å²) >= 11 is 0. The van der Waals surface area contributed by atoms with E-state index in [1.54, 1.807) is 6.07 Å². The summed E-state index contributed by atoms with van der Waals surface area (Å²) in [5.41, 5.74) is 4.46. The normalized spacial score (nSPS) is 19.1. The van der Waals surface area contributed by atoms with Gasteiger partial charge in [0.05, 0.1) is 6.10 Å². The number of rotatable bonds is 3. The largest absolute Gasteiger partial charge is 0.388 e. The van der Waals surface area contributed by atoms with E-state index in [4.69, 9.17) is 0 Å². The van der Waals surface area contributed by atoms with E-state index in [0.29, 0.717) is 12.3 Å². The predicted molar refractivity (Wildman–Crippen MR) is 82.8 cm³/mol. The molecule has 2 atom stereocenters. The van der Waals surface area contributed by atoms with Gasteiger partial charge in [0, 0.05) is 0 Å². The molecule has 2 aromatic carbocycles. The lowest BCUT2D eigenvalue weighted by molar-refractivity contribution is 0.153. The molecule has 0 saturated carbocycles. The SMILES string of the molecule is Cc1cc(F)ccc1C(O)CC1CCCc2ccccc21. The minimum atomic E-state index is -0.526. The third-order valence-corrected chi connectivity index (χ3v) is 4.59. The second-order valence-electron chi connectivity index (χ2n) is 6.04. The van der Waals surface area contributed by atoms with Crippen molar-refractivity contribution in [3.05, 3.63) is 70.5 Å². The molecule has 0 radical (unpaired) electrons. The summed E-state index contributed by atoms with van der Waals surface area (Å²) < 4.78 is 13.2. The van der Waals surface area contributed by atoms with Crippen molar-refractivity contribution < 1.29 is 9.50 Å². The van der Waals surface area contributed by atoms with Gasteiger partial charge < -0.3 is 5.11 Å². The highest BCUT2D eigenvalue weighted by molar-refractivity contribution is 5.34.